The summed E-state index contributed by atoms with van der Waals surface area (Å²) in [7, 11) is 3.18. The first kappa shape index (κ1) is 21.1. The van der Waals surface area contributed by atoms with Crippen molar-refractivity contribution in [3.05, 3.63) is 40.3 Å². The number of benzene rings is 1. The van der Waals surface area contributed by atoms with Crippen LogP contribution in [0, 0.1) is 0 Å². The molecule has 1 aromatic carbocycles. The third-order valence-electron chi connectivity index (χ3n) is 4.84. The van der Waals surface area contributed by atoms with Crippen molar-refractivity contribution in [3.8, 4) is 11.5 Å². The summed E-state index contributed by atoms with van der Waals surface area (Å²) in [5.41, 5.74) is 3.72. The molecule has 0 bridgehead atoms. The van der Waals surface area contributed by atoms with Crippen LogP contribution in [0.1, 0.15) is 17.7 Å². The molecule has 1 atom stereocenters. The van der Waals surface area contributed by atoms with E-state index in [-0.39, 0.29) is 18.2 Å². The fourth-order valence-corrected chi connectivity index (χ4v) is 3.92. The van der Waals surface area contributed by atoms with Crippen LogP contribution >= 0.6 is 11.3 Å². The first-order chi connectivity index (χ1) is 14.1. The number of methoxy groups -OCH3 is 2. The van der Waals surface area contributed by atoms with Gasteiger partial charge in [0.2, 0.25) is 11.8 Å². The molecule has 1 aromatic heterocycles. The number of thiazole rings is 1. The van der Waals surface area contributed by atoms with Gasteiger partial charge in [0.15, 0.2) is 11.5 Å². The summed E-state index contributed by atoms with van der Waals surface area (Å²) < 4.78 is 10.6. The number of hydrogen-bond donors (Lipinski definition) is 2. The Labute approximate surface area is 174 Å². The average molecular weight is 419 g/mol. The molecule has 2 amide bonds. The molecule has 2 aromatic rings. The zero-order valence-electron chi connectivity index (χ0n) is 16.6. The van der Waals surface area contributed by atoms with Crippen molar-refractivity contribution in [2.75, 3.05) is 33.9 Å². The first-order valence-corrected chi connectivity index (χ1v) is 10.4. The van der Waals surface area contributed by atoms with Crippen molar-refractivity contribution < 1.29 is 19.1 Å². The smallest absolute Gasteiger partial charge is 0.237 e. The highest BCUT2D eigenvalue weighted by Gasteiger charge is 2.31. The third-order valence-corrected chi connectivity index (χ3v) is 5.48. The molecule has 0 saturated carbocycles. The number of ether oxygens (including phenoxy) is 2. The van der Waals surface area contributed by atoms with Crippen LogP contribution in [0.15, 0.2) is 29.1 Å². The van der Waals surface area contributed by atoms with Crippen LogP contribution in [0.3, 0.4) is 0 Å². The largest absolute Gasteiger partial charge is 0.493 e. The number of nitrogens with zero attached hydrogens (tertiary/aromatic N) is 2. The van der Waals surface area contributed by atoms with Crippen molar-refractivity contribution in [2.45, 2.75) is 25.4 Å². The van der Waals surface area contributed by atoms with Gasteiger partial charge in [0.05, 0.1) is 37.9 Å². The number of rotatable bonds is 9. The van der Waals surface area contributed by atoms with E-state index in [0.29, 0.717) is 44.1 Å². The predicted octanol–water partition coefficient (Wildman–Crippen LogP) is 1.21. The van der Waals surface area contributed by atoms with Crippen LogP contribution in [-0.4, -0.2) is 61.6 Å². The fraction of sp³-hybridized carbons (Fsp3) is 0.450. The summed E-state index contributed by atoms with van der Waals surface area (Å²) >= 11 is 1.53. The van der Waals surface area contributed by atoms with Crippen LogP contribution in [0.4, 0.5) is 0 Å². The number of amides is 2. The zero-order valence-corrected chi connectivity index (χ0v) is 17.5. The molecular weight excluding hydrogens is 392 g/mol. The summed E-state index contributed by atoms with van der Waals surface area (Å²) in [4.78, 5) is 31.1. The monoisotopic (exact) mass is 418 g/mol. The highest BCUT2D eigenvalue weighted by Crippen LogP contribution is 2.28. The van der Waals surface area contributed by atoms with E-state index in [9.17, 15) is 9.59 Å². The average Bonchev–Trinajstić information content (AvgIpc) is 3.24. The van der Waals surface area contributed by atoms with Gasteiger partial charge >= 0.3 is 0 Å². The van der Waals surface area contributed by atoms with Gasteiger partial charge in [-0.15, -0.1) is 11.3 Å². The lowest BCUT2D eigenvalue weighted by Crippen LogP contribution is -2.56. The number of nitrogens with one attached hydrogen (secondary N) is 2. The number of aromatic nitrogens is 1. The summed E-state index contributed by atoms with van der Waals surface area (Å²) in [6.45, 7) is 2.29. The second kappa shape index (κ2) is 10.2. The molecule has 8 nitrogen and oxygen atoms in total. The third kappa shape index (κ3) is 5.68. The van der Waals surface area contributed by atoms with E-state index in [1.807, 2.05) is 28.5 Å². The standard InChI is InChI=1S/C20H26N4O4S/c1-27-17-4-3-14(9-18(17)28-2)11-24-8-7-22-20(26)16(24)10-19(25)21-6-5-15-12-29-13-23-15/h3-4,9,12-13,16H,5-8,10-11H2,1-2H3,(H,21,25)(H,22,26). The van der Waals surface area contributed by atoms with E-state index >= 15 is 0 Å². The Morgan fingerprint density at radius 3 is 2.90 bits per heavy atom. The topological polar surface area (TPSA) is 92.8 Å². The van der Waals surface area contributed by atoms with Crippen LogP contribution in [0.2, 0.25) is 0 Å². The summed E-state index contributed by atoms with van der Waals surface area (Å²) in [6, 6.07) is 5.18. The molecule has 1 aliphatic heterocycles. The van der Waals surface area contributed by atoms with Gasteiger partial charge in [-0.3, -0.25) is 14.5 Å². The van der Waals surface area contributed by atoms with Crippen molar-refractivity contribution >= 4 is 23.2 Å². The number of piperazine rings is 1. The lowest BCUT2D eigenvalue weighted by Gasteiger charge is -2.34. The quantitative estimate of drug-likeness (QED) is 0.636. The Balaban J connectivity index is 1.59. The summed E-state index contributed by atoms with van der Waals surface area (Å²) in [6.07, 6.45) is 0.803. The molecule has 29 heavy (non-hydrogen) atoms. The van der Waals surface area contributed by atoms with E-state index in [1.54, 1.807) is 19.7 Å². The maximum Gasteiger partial charge on any atom is 0.237 e. The van der Waals surface area contributed by atoms with Crippen molar-refractivity contribution in [2.24, 2.45) is 0 Å². The molecule has 0 radical (unpaired) electrons. The van der Waals surface area contributed by atoms with Gasteiger partial charge in [-0.1, -0.05) is 6.07 Å². The van der Waals surface area contributed by atoms with Gasteiger partial charge in [-0.2, -0.15) is 0 Å². The van der Waals surface area contributed by atoms with Gasteiger partial charge in [0.1, 0.15) is 0 Å². The highest BCUT2D eigenvalue weighted by atomic mass is 32.1. The second-order valence-electron chi connectivity index (χ2n) is 6.75. The van der Waals surface area contributed by atoms with Gasteiger partial charge in [0, 0.05) is 38.0 Å². The molecule has 0 spiro atoms. The maximum atomic E-state index is 12.4. The number of carbonyl (C=O) groups excluding carboxylic acids is 2. The summed E-state index contributed by atoms with van der Waals surface area (Å²) in [5.74, 6) is 1.04. The minimum absolute atomic E-state index is 0.119. The molecule has 3 rings (SSSR count). The lowest BCUT2D eigenvalue weighted by atomic mass is 10.1. The molecule has 1 fully saturated rings. The molecule has 156 valence electrons. The van der Waals surface area contributed by atoms with Crippen molar-refractivity contribution in [3.63, 3.8) is 0 Å². The minimum atomic E-state index is -0.504. The second-order valence-corrected chi connectivity index (χ2v) is 7.47. The highest BCUT2D eigenvalue weighted by molar-refractivity contribution is 7.07. The van der Waals surface area contributed by atoms with Crippen LogP contribution in [0.5, 0.6) is 11.5 Å². The molecule has 2 N–H and O–H groups in total. The van der Waals surface area contributed by atoms with Gasteiger partial charge in [-0.25, -0.2) is 4.98 Å². The van der Waals surface area contributed by atoms with Crippen molar-refractivity contribution in [1.29, 1.82) is 0 Å². The molecule has 2 heterocycles. The Hall–Kier alpha value is -2.65. The fourth-order valence-electron chi connectivity index (χ4n) is 3.33. The Bertz CT molecular complexity index is 828. The van der Waals surface area contributed by atoms with E-state index in [4.69, 9.17) is 9.47 Å². The molecule has 9 heteroatoms. The van der Waals surface area contributed by atoms with Crippen LogP contribution in [0.25, 0.3) is 0 Å². The SMILES string of the molecule is COc1ccc(CN2CCNC(=O)C2CC(=O)NCCc2cscn2)cc1OC. The minimum Gasteiger partial charge on any atom is -0.493 e. The molecule has 1 aliphatic rings. The van der Waals surface area contributed by atoms with Crippen LogP contribution < -0.4 is 20.1 Å². The maximum absolute atomic E-state index is 12.4. The molecule has 1 saturated heterocycles. The van der Waals surface area contributed by atoms with Gasteiger partial charge < -0.3 is 20.1 Å². The number of carbonyl (C=O) groups is 2. The summed E-state index contributed by atoms with van der Waals surface area (Å²) in [5, 5.41) is 7.71. The Morgan fingerprint density at radius 1 is 1.34 bits per heavy atom. The van der Waals surface area contributed by atoms with Crippen LogP contribution in [-0.2, 0) is 22.6 Å². The van der Waals surface area contributed by atoms with E-state index in [2.05, 4.69) is 15.6 Å². The van der Waals surface area contributed by atoms with Gasteiger partial charge in [-0.05, 0) is 17.7 Å². The lowest BCUT2D eigenvalue weighted by molar-refractivity contribution is -0.134. The molecule has 1 unspecified atom stereocenters. The molecule has 0 aliphatic carbocycles. The predicted molar refractivity (Wildman–Crippen MR) is 110 cm³/mol. The Kier molecular flexibility index (Phi) is 7.42. The molecular formula is C20H26N4O4S. The van der Waals surface area contributed by atoms with E-state index < -0.39 is 6.04 Å². The normalized spacial score (nSPS) is 16.9. The number of hydrogen-bond acceptors (Lipinski definition) is 7. The zero-order chi connectivity index (χ0) is 20.6. The van der Waals surface area contributed by atoms with E-state index in [0.717, 1.165) is 11.3 Å². The van der Waals surface area contributed by atoms with Crippen molar-refractivity contribution in [1.82, 2.24) is 20.5 Å². The van der Waals surface area contributed by atoms with Gasteiger partial charge in [0.25, 0.3) is 0 Å². The Morgan fingerprint density at radius 2 is 2.17 bits per heavy atom. The van der Waals surface area contributed by atoms with E-state index in [1.165, 1.54) is 11.3 Å². The first-order valence-electron chi connectivity index (χ1n) is 9.47.